The molecule has 118 valence electrons. The first-order chi connectivity index (χ1) is 11.1. The van der Waals surface area contributed by atoms with Crippen LogP contribution < -0.4 is 4.72 Å². The van der Waals surface area contributed by atoms with Gasteiger partial charge in [-0.2, -0.15) is 0 Å². The van der Waals surface area contributed by atoms with Crippen LogP contribution in [-0.2, 0) is 16.6 Å². The van der Waals surface area contributed by atoms with Crippen LogP contribution in [0.25, 0.3) is 11.5 Å². The summed E-state index contributed by atoms with van der Waals surface area (Å²) in [6.07, 6.45) is 3.19. The lowest BCUT2D eigenvalue weighted by atomic mass is 10.3. The zero-order valence-electron chi connectivity index (χ0n) is 11.7. The molecule has 7 nitrogen and oxygen atoms in total. The van der Waals surface area contributed by atoms with Gasteiger partial charge in [0, 0.05) is 18.0 Å². The van der Waals surface area contributed by atoms with E-state index in [-0.39, 0.29) is 22.4 Å². The van der Waals surface area contributed by atoms with Crippen molar-refractivity contribution >= 4 is 21.6 Å². The smallest absolute Gasteiger partial charge is 0.247 e. The van der Waals surface area contributed by atoms with Crippen LogP contribution in [0.4, 0.5) is 0 Å². The van der Waals surface area contributed by atoms with Crippen molar-refractivity contribution in [2.45, 2.75) is 11.4 Å². The molecule has 0 saturated carbocycles. The number of rotatable bonds is 5. The van der Waals surface area contributed by atoms with E-state index in [1.165, 1.54) is 12.1 Å². The first-order valence-electron chi connectivity index (χ1n) is 6.53. The standard InChI is InChI=1S/C14H11ClN4O3S/c15-11-3-1-2-4-12(11)23(20,21)17-9-13-18-19-14(22-13)10-5-7-16-8-6-10/h1-8,17H,9H2. The van der Waals surface area contributed by atoms with Gasteiger partial charge in [-0.1, -0.05) is 23.7 Å². The molecule has 0 unspecified atom stereocenters. The van der Waals surface area contributed by atoms with Crippen LogP contribution in [0.15, 0.2) is 58.1 Å². The quantitative estimate of drug-likeness (QED) is 0.758. The normalized spacial score (nSPS) is 11.5. The average Bonchev–Trinajstić information content (AvgIpc) is 3.03. The maximum atomic E-state index is 12.2. The van der Waals surface area contributed by atoms with E-state index in [9.17, 15) is 8.42 Å². The number of halogens is 1. The molecule has 0 fully saturated rings. The van der Waals surface area contributed by atoms with Gasteiger partial charge in [0.25, 0.3) is 0 Å². The van der Waals surface area contributed by atoms with E-state index in [4.69, 9.17) is 16.0 Å². The van der Waals surface area contributed by atoms with Crippen molar-refractivity contribution in [3.05, 3.63) is 59.7 Å². The van der Waals surface area contributed by atoms with Gasteiger partial charge in [0.2, 0.25) is 21.8 Å². The maximum absolute atomic E-state index is 12.2. The number of benzene rings is 1. The molecule has 1 aromatic carbocycles. The summed E-state index contributed by atoms with van der Waals surface area (Å²) in [4.78, 5) is 3.89. The highest BCUT2D eigenvalue weighted by molar-refractivity contribution is 7.89. The van der Waals surface area contributed by atoms with Crippen molar-refractivity contribution < 1.29 is 12.8 Å². The number of nitrogens with zero attached hydrogens (tertiary/aromatic N) is 3. The fourth-order valence-corrected chi connectivity index (χ4v) is 3.33. The molecule has 0 aliphatic rings. The van der Waals surface area contributed by atoms with Crippen molar-refractivity contribution in [1.82, 2.24) is 19.9 Å². The van der Waals surface area contributed by atoms with Crippen LogP contribution in [0.3, 0.4) is 0 Å². The third kappa shape index (κ3) is 3.55. The second-order valence-corrected chi connectivity index (χ2v) is 6.63. The fraction of sp³-hybridized carbons (Fsp3) is 0.0714. The highest BCUT2D eigenvalue weighted by Crippen LogP contribution is 2.21. The second-order valence-electron chi connectivity index (χ2n) is 4.49. The molecule has 2 aromatic heterocycles. The Labute approximate surface area is 137 Å². The summed E-state index contributed by atoms with van der Waals surface area (Å²) in [5.41, 5.74) is 0.702. The van der Waals surface area contributed by atoms with Gasteiger partial charge in [-0.15, -0.1) is 10.2 Å². The van der Waals surface area contributed by atoms with Crippen molar-refractivity contribution in [2.75, 3.05) is 0 Å². The molecule has 3 aromatic rings. The first kappa shape index (κ1) is 15.6. The Balaban J connectivity index is 1.74. The van der Waals surface area contributed by atoms with E-state index in [1.54, 1.807) is 36.7 Å². The molecule has 23 heavy (non-hydrogen) atoms. The Morgan fingerprint density at radius 3 is 2.57 bits per heavy atom. The van der Waals surface area contributed by atoms with Crippen molar-refractivity contribution in [3.8, 4) is 11.5 Å². The SMILES string of the molecule is O=S(=O)(NCc1nnc(-c2ccncc2)o1)c1ccccc1Cl. The molecule has 0 aliphatic heterocycles. The minimum Gasteiger partial charge on any atom is -0.419 e. The minimum absolute atomic E-state index is 0.00413. The molecule has 0 saturated heterocycles. The molecule has 2 heterocycles. The zero-order chi connectivity index (χ0) is 16.3. The van der Waals surface area contributed by atoms with Crippen LogP contribution in [0.1, 0.15) is 5.89 Å². The van der Waals surface area contributed by atoms with Crippen molar-refractivity contribution in [1.29, 1.82) is 0 Å². The molecular formula is C14H11ClN4O3S. The van der Waals surface area contributed by atoms with Gasteiger partial charge in [0.15, 0.2) is 0 Å². The Morgan fingerprint density at radius 2 is 1.83 bits per heavy atom. The predicted octanol–water partition coefficient (Wildman–Crippen LogP) is 2.26. The maximum Gasteiger partial charge on any atom is 0.247 e. The van der Waals surface area contributed by atoms with Gasteiger partial charge < -0.3 is 4.42 Å². The zero-order valence-corrected chi connectivity index (χ0v) is 13.3. The van der Waals surface area contributed by atoms with Gasteiger partial charge in [-0.3, -0.25) is 4.98 Å². The summed E-state index contributed by atoms with van der Waals surface area (Å²) in [5.74, 6) is 0.437. The molecule has 0 spiro atoms. The van der Waals surface area contributed by atoms with E-state index >= 15 is 0 Å². The molecule has 0 aliphatic carbocycles. The topological polar surface area (TPSA) is 98.0 Å². The molecule has 0 atom stereocenters. The Hall–Kier alpha value is -2.29. The number of sulfonamides is 1. The number of pyridine rings is 1. The van der Waals surface area contributed by atoms with E-state index in [1.807, 2.05) is 0 Å². The van der Waals surface area contributed by atoms with E-state index < -0.39 is 10.0 Å². The monoisotopic (exact) mass is 350 g/mol. The van der Waals surface area contributed by atoms with Crippen LogP contribution in [0, 0.1) is 0 Å². The second kappa shape index (κ2) is 6.45. The van der Waals surface area contributed by atoms with Gasteiger partial charge in [0.05, 0.1) is 11.6 Å². The summed E-state index contributed by atoms with van der Waals surface area (Å²) in [6, 6.07) is 9.59. The van der Waals surface area contributed by atoms with Gasteiger partial charge in [-0.25, -0.2) is 13.1 Å². The van der Waals surface area contributed by atoms with Gasteiger partial charge in [0.1, 0.15) is 4.90 Å². The van der Waals surface area contributed by atoms with Crippen LogP contribution in [-0.4, -0.2) is 23.6 Å². The van der Waals surface area contributed by atoms with Crippen molar-refractivity contribution in [3.63, 3.8) is 0 Å². The molecular weight excluding hydrogens is 340 g/mol. The average molecular weight is 351 g/mol. The van der Waals surface area contributed by atoms with E-state index in [2.05, 4.69) is 19.9 Å². The summed E-state index contributed by atoms with van der Waals surface area (Å²) >= 11 is 5.90. The summed E-state index contributed by atoms with van der Waals surface area (Å²) in [5, 5.41) is 7.83. The number of hydrogen-bond donors (Lipinski definition) is 1. The molecule has 0 radical (unpaired) electrons. The first-order valence-corrected chi connectivity index (χ1v) is 8.39. The summed E-state index contributed by atoms with van der Waals surface area (Å²) in [7, 11) is -3.76. The van der Waals surface area contributed by atoms with Crippen LogP contribution in [0.5, 0.6) is 0 Å². The van der Waals surface area contributed by atoms with Crippen LogP contribution >= 0.6 is 11.6 Å². The Kier molecular flexibility index (Phi) is 4.37. The largest absolute Gasteiger partial charge is 0.419 e. The highest BCUT2D eigenvalue weighted by Gasteiger charge is 2.18. The number of nitrogens with one attached hydrogen (secondary N) is 1. The lowest BCUT2D eigenvalue weighted by Gasteiger charge is -2.06. The Morgan fingerprint density at radius 1 is 1.09 bits per heavy atom. The number of aromatic nitrogens is 3. The van der Waals surface area contributed by atoms with Crippen LogP contribution in [0.2, 0.25) is 5.02 Å². The molecule has 9 heteroatoms. The molecule has 3 rings (SSSR count). The minimum atomic E-state index is -3.76. The van der Waals surface area contributed by atoms with E-state index in [0.29, 0.717) is 11.5 Å². The molecule has 1 N–H and O–H groups in total. The van der Waals surface area contributed by atoms with Crippen molar-refractivity contribution in [2.24, 2.45) is 0 Å². The lowest BCUT2D eigenvalue weighted by Crippen LogP contribution is -2.23. The summed E-state index contributed by atoms with van der Waals surface area (Å²) < 4.78 is 32.2. The molecule has 0 amide bonds. The highest BCUT2D eigenvalue weighted by atomic mass is 35.5. The Bertz CT molecular complexity index is 913. The fourth-order valence-electron chi connectivity index (χ4n) is 1.83. The lowest BCUT2D eigenvalue weighted by molar-refractivity contribution is 0.494. The molecule has 0 bridgehead atoms. The number of hydrogen-bond acceptors (Lipinski definition) is 6. The summed E-state index contributed by atoms with van der Waals surface area (Å²) in [6.45, 7) is -0.133. The predicted molar refractivity (Wildman–Crippen MR) is 83.0 cm³/mol. The van der Waals surface area contributed by atoms with E-state index in [0.717, 1.165) is 0 Å². The third-order valence-electron chi connectivity index (χ3n) is 2.93. The van der Waals surface area contributed by atoms with Gasteiger partial charge in [-0.05, 0) is 24.3 Å². The van der Waals surface area contributed by atoms with Gasteiger partial charge >= 0.3 is 0 Å². The third-order valence-corrected chi connectivity index (χ3v) is 4.83.